The van der Waals surface area contributed by atoms with Crippen molar-refractivity contribution in [3.8, 4) is 0 Å². The topological polar surface area (TPSA) is 75.6 Å². The molecule has 0 saturated heterocycles. The lowest BCUT2D eigenvalue weighted by Crippen LogP contribution is -2.47. The number of ether oxygens (including phenoxy) is 1. The monoisotopic (exact) mass is 187 g/mol. The summed E-state index contributed by atoms with van der Waals surface area (Å²) in [5.74, 6) is -1.01. The molecule has 0 heterocycles. The molecule has 1 saturated carbocycles. The molecule has 74 valence electrons. The standard InChI is InChI=1S/C8H13NO4/c1-5(10)9-6-2-7(3-6)13-4-8(11)12/h6-7H,2-4H2,1H3,(H,9,10)(H,11,12). The number of rotatable bonds is 4. The minimum Gasteiger partial charge on any atom is -0.480 e. The fourth-order valence-corrected chi connectivity index (χ4v) is 1.30. The molecule has 0 aromatic carbocycles. The maximum Gasteiger partial charge on any atom is 0.329 e. The van der Waals surface area contributed by atoms with Gasteiger partial charge in [0.15, 0.2) is 0 Å². The first kappa shape index (κ1) is 9.98. The van der Waals surface area contributed by atoms with Gasteiger partial charge in [-0.15, -0.1) is 0 Å². The first-order valence-corrected chi connectivity index (χ1v) is 4.18. The second-order valence-electron chi connectivity index (χ2n) is 3.20. The summed E-state index contributed by atoms with van der Waals surface area (Å²) < 4.78 is 5.00. The summed E-state index contributed by atoms with van der Waals surface area (Å²) in [5, 5.41) is 11.0. The van der Waals surface area contributed by atoms with Gasteiger partial charge in [-0.3, -0.25) is 4.79 Å². The van der Waals surface area contributed by atoms with Crippen LogP contribution >= 0.6 is 0 Å². The highest BCUT2D eigenvalue weighted by molar-refractivity contribution is 5.73. The Morgan fingerprint density at radius 3 is 2.62 bits per heavy atom. The molecule has 0 spiro atoms. The van der Waals surface area contributed by atoms with E-state index >= 15 is 0 Å². The Balaban J connectivity index is 2.05. The molecule has 2 N–H and O–H groups in total. The van der Waals surface area contributed by atoms with Crippen LogP contribution in [-0.2, 0) is 14.3 Å². The van der Waals surface area contributed by atoms with E-state index in [0.717, 1.165) is 0 Å². The molecule has 0 radical (unpaired) electrons. The summed E-state index contributed by atoms with van der Waals surface area (Å²) in [6.45, 7) is 1.21. The zero-order chi connectivity index (χ0) is 9.84. The van der Waals surface area contributed by atoms with Gasteiger partial charge in [-0.25, -0.2) is 4.79 Å². The molecule has 0 bridgehead atoms. The van der Waals surface area contributed by atoms with E-state index in [1.165, 1.54) is 6.92 Å². The zero-order valence-electron chi connectivity index (χ0n) is 7.45. The van der Waals surface area contributed by atoms with E-state index in [1.54, 1.807) is 0 Å². The first-order valence-electron chi connectivity index (χ1n) is 4.18. The SMILES string of the molecule is CC(=O)NC1CC(OCC(=O)O)C1. The third kappa shape index (κ3) is 3.42. The quantitative estimate of drug-likeness (QED) is 0.636. The summed E-state index contributed by atoms with van der Waals surface area (Å²) in [5.41, 5.74) is 0. The molecule has 0 aromatic rings. The molecule has 1 amide bonds. The van der Waals surface area contributed by atoms with Crippen LogP contribution in [0.1, 0.15) is 19.8 Å². The van der Waals surface area contributed by atoms with Gasteiger partial charge in [0.1, 0.15) is 6.61 Å². The Bertz CT molecular complexity index is 210. The Morgan fingerprint density at radius 2 is 2.15 bits per heavy atom. The molecule has 5 heteroatoms. The third-order valence-corrected chi connectivity index (χ3v) is 1.94. The van der Waals surface area contributed by atoms with Crippen LogP contribution < -0.4 is 5.32 Å². The highest BCUT2D eigenvalue weighted by Gasteiger charge is 2.30. The minimum absolute atomic E-state index is 0.00653. The number of hydrogen-bond donors (Lipinski definition) is 2. The maximum atomic E-state index is 10.6. The lowest BCUT2D eigenvalue weighted by Gasteiger charge is -2.34. The van der Waals surface area contributed by atoms with Gasteiger partial charge in [0.05, 0.1) is 6.10 Å². The Morgan fingerprint density at radius 1 is 1.54 bits per heavy atom. The van der Waals surface area contributed by atoms with Crippen molar-refractivity contribution in [1.82, 2.24) is 5.32 Å². The van der Waals surface area contributed by atoms with Gasteiger partial charge < -0.3 is 15.2 Å². The highest BCUT2D eigenvalue weighted by Crippen LogP contribution is 2.22. The summed E-state index contributed by atoms with van der Waals surface area (Å²) in [6.07, 6.45) is 1.42. The fourth-order valence-electron chi connectivity index (χ4n) is 1.30. The van der Waals surface area contributed by atoms with Crippen molar-refractivity contribution < 1.29 is 19.4 Å². The number of carboxylic acids is 1. The van der Waals surface area contributed by atoms with Gasteiger partial charge in [-0.05, 0) is 12.8 Å². The molecule has 5 nitrogen and oxygen atoms in total. The van der Waals surface area contributed by atoms with Gasteiger partial charge in [-0.1, -0.05) is 0 Å². The van der Waals surface area contributed by atoms with Crippen LogP contribution in [0.5, 0.6) is 0 Å². The normalized spacial score (nSPS) is 26.2. The van der Waals surface area contributed by atoms with Crippen LogP contribution in [0.15, 0.2) is 0 Å². The number of aliphatic carboxylic acids is 1. The van der Waals surface area contributed by atoms with Crippen molar-refractivity contribution in [3.05, 3.63) is 0 Å². The molecule has 1 aliphatic rings. The van der Waals surface area contributed by atoms with Crippen molar-refractivity contribution in [3.63, 3.8) is 0 Å². The van der Waals surface area contributed by atoms with Crippen molar-refractivity contribution in [2.75, 3.05) is 6.61 Å². The summed E-state index contributed by atoms with van der Waals surface area (Å²) in [7, 11) is 0. The van der Waals surface area contributed by atoms with E-state index in [4.69, 9.17) is 9.84 Å². The predicted octanol–water partition coefficient (Wildman–Crippen LogP) is -0.245. The number of carboxylic acid groups (broad SMARTS) is 1. The number of carbonyl (C=O) groups is 2. The fraction of sp³-hybridized carbons (Fsp3) is 0.750. The molecule has 0 atom stereocenters. The highest BCUT2D eigenvalue weighted by atomic mass is 16.5. The van der Waals surface area contributed by atoms with E-state index < -0.39 is 5.97 Å². The number of carbonyl (C=O) groups excluding carboxylic acids is 1. The van der Waals surface area contributed by atoms with E-state index in [0.29, 0.717) is 12.8 Å². The van der Waals surface area contributed by atoms with Crippen LogP contribution in [0.3, 0.4) is 0 Å². The van der Waals surface area contributed by atoms with Crippen molar-refractivity contribution in [2.24, 2.45) is 0 Å². The van der Waals surface area contributed by atoms with E-state index in [2.05, 4.69) is 5.32 Å². The average Bonchev–Trinajstić information content (AvgIpc) is 1.92. The maximum absolute atomic E-state index is 10.6. The second kappa shape index (κ2) is 4.23. The molecule has 0 unspecified atom stereocenters. The predicted molar refractivity (Wildman–Crippen MR) is 44.2 cm³/mol. The van der Waals surface area contributed by atoms with E-state index in [1.807, 2.05) is 0 Å². The molecule has 13 heavy (non-hydrogen) atoms. The van der Waals surface area contributed by atoms with Crippen molar-refractivity contribution in [1.29, 1.82) is 0 Å². The number of nitrogens with one attached hydrogen (secondary N) is 1. The Kier molecular flexibility index (Phi) is 3.25. The molecular weight excluding hydrogens is 174 g/mol. The van der Waals surface area contributed by atoms with Gasteiger partial charge in [0, 0.05) is 13.0 Å². The van der Waals surface area contributed by atoms with Crippen molar-refractivity contribution >= 4 is 11.9 Å². The van der Waals surface area contributed by atoms with E-state index in [-0.39, 0.29) is 24.7 Å². The van der Waals surface area contributed by atoms with Crippen LogP contribution in [0.25, 0.3) is 0 Å². The average molecular weight is 187 g/mol. The van der Waals surface area contributed by atoms with Gasteiger partial charge >= 0.3 is 5.97 Å². The molecule has 1 aliphatic carbocycles. The smallest absolute Gasteiger partial charge is 0.329 e. The van der Waals surface area contributed by atoms with Crippen LogP contribution in [0.2, 0.25) is 0 Å². The lowest BCUT2D eigenvalue weighted by molar-refractivity contribution is -0.147. The van der Waals surface area contributed by atoms with Gasteiger partial charge in [0.25, 0.3) is 0 Å². The minimum atomic E-state index is -0.956. The molecule has 0 aliphatic heterocycles. The largest absolute Gasteiger partial charge is 0.480 e. The summed E-state index contributed by atoms with van der Waals surface area (Å²) >= 11 is 0. The van der Waals surface area contributed by atoms with E-state index in [9.17, 15) is 9.59 Å². The third-order valence-electron chi connectivity index (χ3n) is 1.94. The molecular formula is C8H13NO4. The van der Waals surface area contributed by atoms with Crippen molar-refractivity contribution in [2.45, 2.75) is 31.9 Å². The van der Waals surface area contributed by atoms with Crippen LogP contribution in [0.4, 0.5) is 0 Å². The lowest BCUT2D eigenvalue weighted by atomic mass is 9.89. The Labute approximate surface area is 76.1 Å². The summed E-state index contributed by atoms with van der Waals surface area (Å²) in [6, 6.07) is 0.163. The van der Waals surface area contributed by atoms with Crippen LogP contribution in [0, 0.1) is 0 Å². The Hall–Kier alpha value is -1.10. The van der Waals surface area contributed by atoms with Gasteiger partial charge in [0.2, 0.25) is 5.91 Å². The molecule has 1 fully saturated rings. The second-order valence-corrected chi connectivity index (χ2v) is 3.20. The first-order chi connectivity index (χ1) is 6.08. The molecule has 1 rings (SSSR count). The molecule has 0 aromatic heterocycles. The number of hydrogen-bond acceptors (Lipinski definition) is 3. The zero-order valence-corrected chi connectivity index (χ0v) is 7.45. The number of amides is 1. The van der Waals surface area contributed by atoms with Gasteiger partial charge in [-0.2, -0.15) is 0 Å². The van der Waals surface area contributed by atoms with Crippen LogP contribution in [-0.4, -0.2) is 35.7 Å². The summed E-state index contributed by atoms with van der Waals surface area (Å²) in [4.78, 5) is 20.7.